The lowest BCUT2D eigenvalue weighted by atomic mass is 10.1. The Bertz CT molecular complexity index is 1420. The Balaban J connectivity index is 1.68. The van der Waals surface area contributed by atoms with Gasteiger partial charge < -0.3 is 4.57 Å². The number of aryl methyl sites for hydroxylation is 2. The number of rotatable bonds is 6. The molecule has 4 aromatic rings. The maximum absolute atomic E-state index is 13.2. The number of fused-ring (bicyclic) bond motifs is 1. The summed E-state index contributed by atoms with van der Waals surface area (Å²) in [5, 5.41) is 4.99. The molecule has 0 aliphatic rings. The number of imidazole rings is 1. The largest absolute Gasteiger partial charge is 0.332 e. The normalized spacial score (nSPS) is 11.8. The molecule has 0 unspecified atom stereocenters. The summed E-state index contributed by atoms with van der Waals surface area (Å²) in [5.74, 6) is 0.378. The standard InChI is InChI=1S/C23H23ClN6O2/c1-15(13-16-7-5-4-6-8-16)26-27-22-25-20-19(28(22)2)21(31)30(23(32)29(20)3)14-17-9-11-18(24)12-10-17/h4-12H,13-14H2,1-3H3,(H,25,27)/b26-15-. The molecule has 2 aromatic heterocycles. The van der Waals surface area contributed by atoms with Crippen LogP contribution in [0.4, 0.5) is 5.95 Å². The van der Waals surface area contributed by atoms with Crippen LogP contribution in [0.3, 0.4) is 0 Å². The van der Waals surface area contributed by atoms with E-state index < -0.39 is 11.2 Å². The monoisotopic (exact) mass is 450 g/mol. The summed E-state index contributed by atoms with van der Waals surface area (Å²) in [7, 11) is 3.32. The van der Waals surface area contributed by atoms with Crippen LogP contribution in [0.25, 0.3) is 11.2 Å². The van der Waals surface area contributed by atoms with E-state index in [1.165, 1.54) is 9.13 Å². The molecule has 0 amide bonds. The molecule has 9 heteroatoms. The number of hydrogen-bond donors (Lipinski definition) is 1. The maximum Gasteiger partial charge on any atom is 0.332 e. The van der Waals surface area contributed by atoms with Gasteiger partial charge in [-0.1, -0.05) is 54.1 Å². The van der Waals surface area contributed by atoms with Crippen molar-refractivity contribution in [1.29, 1.82) is 0 Å². The third-order valence-electron chi connectivity index (χ3n) is 5.26. The highest BCUT2D eigenvalue weighted by Gasteiger charge is 2.18. The summed E-state index contributed by atoms with van der Waals surface area (Å²) in [6, 6.07) is 17.0. The quantitative estimate of drug-likeness (QED) is 0.361. The van der Waals surface area contributed by atoms with Gasteiger partial charge in [-0.15, -0.1) is 0 Å². The Kier molecular flexibility index (Phi) is 5.96. The van der Waals surface area contributed by atoms with Gasteiger partial charge in [0.2, 0.25) is 5.95 Å². The fourth-order valence-corrected chi connectivity index (χ4v) is 3.66. The van der Waals surface area contributed by atoms with Crippen LogP contribution in [0.5, 0.6) is 0 Å². The van der Waals surface area contributed by atoms with E-state index in [0.29, 0.717) is 28.6 Å². The van der Waals surface area contributed by atoms with E-state index in [2.05, 4.69) is 15.5 Å². The van der Waals surface area contributed by atoms with E-state index in [-0.39, 0.29) is 6.54 Å². The molecule has 0 aliphatic heterocycles. The lowest BCUT2D eigenvalue weighted by molar-refractivity contribution is 0.655. The molecular formula is C23H23ClN6O2. The predicted octanol–water partition coefficient (Wildman–Crippen LogP) is 3.17. The number of nitrogens with one attached hydrogen (secondary N) is 1. The molecule has 0 saturated carbocycles. The average molecular weight is 451 g/mol. The minimum absolute atomic E-state index is 0.140. The molecule has 32 heavy (non-hydrogen) atoms. The second kappa shape index (κ2) is 8.84. The Morgan fingerprint density at radius 2 is 1.69 bits per heavy atom. The molecular weight excluding hydrogens is 428 g/mol. The molecule has 0 spiro atoms. The number of hydrazone groups is 1. The summed E-state index contributed by atoms with van der Waals surface area (Å²) in [6.07, 6.45) is 0.685. The minimum atomic E-state index is -0.439. The first kappa shape index (κ1) is 21.6. The minimum Gasteiger partial charge on any atom is -0.306 e. The van der Waals surface area contributed by atoms with Crippen molar-refractivity contribution in [3.8, 4) is 0 Å². The summed E-state index contributed by atoms with van der Waals surface area (Å²) in [5.41, 5.74) is 5.51. The van der Waals surface area contributed by atoms with Crippen LogP contribution in [0.15, 0.2) is 69.3 Å². The highest BCUT2D eigenvalue weighted by atomic mass is 35.5. The number of nitrogens with zero attached hydrogens (tertiary/aromatic N) is 5. The van der Waals surface area contributed by atoms with Gasteiger partial charge in [-0.25, -0.2) is 10.2 Å². The summed E-state index contributed by atoms with van der Waals surface area (Å²) in [6.45, 7) is 2.05. The molecule has 1 N–H and O–H groups in total. The van der Waals surface area contributed by atoms with Gasteiger partial charge in [0.05, 0.1) is 6.54 Å². The van der Waals surface area contributed by atoms with Crippen molar-refractivity contribution >= 4 is 34.4 Å². The average Bonchev–Trinajstić information content (AvgIpc) is 3.12. The molecule has 8 nitrogen and oxygen atoms in total. The van der Waals surface area contributed by atoms with E-state index in [9.17, 15) is 9.59 Å². The van der Waals surface area contributed by atoms with E-state index in [1.54, 1.807) is 42.9 Å². The number of aromatic nitrogens is 4. The van der Waals surface area contributed by atoms with Gasteiger partial charge in [0.25, 0.3) is 5.56 Å². The first-order valence-corrected chi connectivity index (χ1v) is 10.5. The lowest BCUT2D eigenvalue weighted by Gasteiger charge is -2.09. The maximum atomic E-state index is 13.2. The van der Waals surface area contributed by atoms with Crippen molar-refractivity contribution in [3.63, 3.8) is 0 Å². The van der Waals surface area contributed by atoms with Crippen LogP contribution < -0.4 is 16.7 Å². The van der Waals surface area contributed by atoms with Crippen molar-refractivity contribution in [3.05, 3.63) is 91.6 Å². The van der Waals surface area contributed by atoms with Crippen LogP contribution in [-0.4, -0.2) is 24.4 Å². The number of benzene rings is 2. The fraction of sp³-hybridized carbons (Fsp3) is 0.217. The third-order valence-corrected chi connectivity index (χ3v) is 5.52. The highest BCUT2D eigenvalue weighted by molar-refractivity contribution is 6.30. The Labute approximate surface area is 189 Å². The van der Waals surface area contributed by atoms with Crippen LogP contribution in [0, 0.1) is 0 Å². The Morgan fingerprint density at radius 3 is 2.38 bits per heavy atom. The number of anilines is 1. The zero-order valence-corrected chi connectivity index (χ0v) is 18.8. The van der Waals surface area contributed by atoms with Crippen LogP contribution in [-0.2, 0) is 27.1 Å². The molecule has 0 radical (unpaired) electrons. The Morgan fingerprint density at radius 1 is 1.00 bits per heavy atom. The van der Waals surface area contributed by atoms with Crippen molar-refractivity contribution < 1.29 is 0 Å². The zero-order valence-electron chi connectivity index (χ0n) is 18.0. The van der Waals surface area contributed by atoms with Crippen LogP contribution >= 0.6 is 11.6 Å². The van der Waals surface area contributed by atoms with Crippen LogP contribution in [0.1, 0.15) is 18.1 Å². The smallest absolute Gasteiger partial charge is 0.306 e. The molecule has 164 valence electrons. The van der Waals surface area contributed by atoms with Crippen LogP contribution in [0.2, 0.25) is 5.02 Å². The third kappa shape index (κ3) is 4.22. The second-order valence-electron chi connectivity index (χ2n) is 7.65. The summed E-state index contributed by atoms with van der Waals surface area (Å²) >= 11 is 5.94. The van der Waals surface area contributed by atoms with E-state index in [0.717, 1.165) is 16.8 Å². The fourth-order valence-electron chi connectivity index (χ4n) is 3.53. The molecule has 4 rings (SSSR count). The second-order valence-corrected chi connectivity index (χ2v) is 8.08. The van der Waals surface area contributed by atoms with Crippen molar-refractivity contribution in [2.45, 2.75) is 19.9 Å². The molecule has 0 atom stereocenters. The summed E-state index contributed by atoms with van der Waals surface area (Å²) < 4.78 is 4.19. The molecule has 2 heterocycles. The van der Waals surface area contributed by atoms with Crippen molar-refractivity contribution in [2.24, 2.45) is 19.2 Å². The number of halogens is 1. The van der Waals surface area contributed by atoms with Gasteiger partial charge in [-0.05, 0) is 30.2 Å². The Hall–Kier alpha value is -3.65. The van der Waals surface area contributed by atoms with E-state index >= 15 is 0 Å². The van der Waals surface area contributed by atoms with Crippen molar-refractivity contribution in [1.82, 2.24) is 18.7 Å². The number of hydrogen-bond acceptors (Lipinski definition) is 5. The van der Waals surface area contributed by atoms with Gasteiger partial charge in [0, 0.05) is 31.3 Å². The van der Waals surface area contributed by atoms with Gasteiger partial charge in [-0.2, -0.15) is 10.1 Å². The van der Waals surface area contributed by atoms with Gasteiger partial charge in [-0.3, -0.25) is 13.9 Å². The highest BCUT2D eigenvalue weighted by Crippen LogP contribution is 2.14. The predicted molar refractivity (Wildman–Crippen MR) is 128 cm³/mol. The SMILES string of the molecule is C/C(Cc1ccccc1)=N/Nc1nc2c(c(=O)n(Cc3ccc(Cl)cc3)c(=O)n2C)n1C. The molecule has 0 bridgehead atoms. The molecule has 0 fully saturated rings. The molecule has 2 aromatic carbocycles. The van der Waals surface area contributed by atoms with Gasteiger partial charge >= 0.3 is 5.69 Å². The first-order valence-electron chi connectivity index (χ1n) is 10.1. The summed E-state index contributed by atoms with van der Waals surface area (Å²) in [4.78, 5) is 30.5. The zero-order chi connectivity index (χ0) is 22.8. The van der Waals surface area contributed by atoms with Gasteiger partial charge in [0.15, 0.2) is 11.2 Å². The molecule has 0 saturated heterocycles. The van der Waals surface area contributed by atoms with E-state index in [4.69, 9.17) is 11.6 Å². The lowest BCUT2D eigenvalue weighted by Crippen LogP contribution is -2.39. The van der Waals surface area contributed by atoms with Crippen molar-refractivity contribution in [2.75, 3.05) is 5.43 Å². The molecule has 0 aliphatic carbocycles. The topological polar surface area (TPSA) is 86.2 Å². The van der Waals surface area contributed by atoms with E-state index in [1.807, 2.05) is 37.3 Å². The first-order chi connectivity index (χ1) is 15.3. The van der Waals surface area contributed by atoms with Gasteiger partial charge in [0.1, 0.15) is 0 Å².